The van der Waals surface area contributed by atoms with Gasteiger partial charge in [-0.25, -0.2) is 0 Å². The number of aliphatic hydroxyl groups excluding tert-OH is 1. The molecule has 4 atom stereocenters. The van der Waals surface area contributed by atoms with Crippen LogP contribution < -0.4 is 4.90 Å². The number of hydrogen-bond acceptors (Lipinski definition) is 4. The van der Waals surface area contributed by atoms with Crippen molar-refractivity contribution in [2.45, 2.75) is 44.3 Å². The summed E-state index contributed by atoms with van der Waals surface area (Å²) < 4.78 is 11.5. The molecule has 0 bridgehead atoms. The van der Waals surface area contributed by atoms with E-state index in [9.17, 15) is 5.11 Å². The highest BCUT2D eigenvalue weighted by Gasteiger charge is 2.51. The summed E-state index contributed by atoms with van der Waals surface area (Å²) in [7, 11) is 0. The first-order chi connectivity index (χ1) is 12.1. The third-order valence-electron chi connectivity index (χ3n) is 5.06. The first-order valence-corrected chi connectivity index (χ1v) is 8.94. The third-order valence-corrected chi connectivity index (χ3v) is 5.06. The van der Waals surface area contributed by atoms with E-state index in [1.807, 2.05) is 26.0 Å². The number of hydrogen-bond donors (Lipinski definition) is 1. The molecule has 1 aliphatic heterocycles. The van der Waals surface area contributed by atoms with Crippen molar-refractivity contribution in [3.8, 4) is 0 Å². The smallest absolute Gasteiger partial charge is 0.163 e. The molecule has 0 radical (unpaired) electrons. The summed E-state index contributed by atoms with van der Waals surface area (Å²) in [6.45, 7) is 4.24. The Morgan fingerprint density at radius 1 is 1.00 bits per heavy atom. The van der Waals surface area contributed by atoms with Gasteiger partial charge in [0.25, 0.3) is 0 Å². The minimum atomic E-state index is -0.603. The molecule has 4 heteroatoms. The summed E-state index contributed by atoms with van der Waals surface area (Å²) in [5.74, 6) is -0.419. The number of aliphatic hydroxyl groups is 1. The second-order valence-corrected chi connectivity index (χ2v) is 7.37. The molecule has 0 aromatic heterocycles. The monoisotopic (exact) mass is 339 g/mol. The van der Waals surface area contributed by atoms with Crippen molar-refractivity contribution in [1.29, 1.82) is 0 Å². The van der Waals surface area contributed by atoms with E-state index in [1.54, 1.807) is 0 Å². The number of anilines is 2. The van der Waals surface area contributed by atoms with Crippen LogP contribution in [0.25, 0.3) is 0 Å². The Hall–Kier alpha value is -1.88. The predicted octanol–water partition coefficient (Wildman–Crippen LogP) is 3.73. The molecular formula is C21H25NO3. The van der Waals surface area contributed by atoms with Crippen LogP contribution in [0.2, 0.25) is 0 Å². The highest BCUT2D eigenvalue weighted by Crippen LogP contribution is 2.46. The Labute approximate surface area is 149 Å². The zero-order valence-electron chi connectivity index (χ0n) is 14.7. The third kappa shape index (κ3) is 3.43. The quantitative estimate of drug-likeness (QED) is 0.901. The lowest BCUT2D eigenvalue weighted by Gasteiger charge is -2.27. The molecule has 0 unspecified atom stereocenters. The highest BCUT2D eigenvalue weighted by atomic mass is 16.7. The summed E-state index contributed by atoms with van der Waals surface area (Å²) in [6, 6.07) is 21.0. The molecule has 2 aromatic rings. The molecule has 1 N–H and O–H groups in total. The highest BCUT2D eigenvalue weighted by molar-refractivity contribution is 5.65. The van der Waals surface area contributed by atoms with Gasteiger partial charge in [0.05, 0.1) is 12.7 Å². The van der Waals surface area contributed by atoms with Crippen molar-refractivity contribution in [2.75, 3.05) is 11.5 Å². The van der Waals surface area contributed by atoms with Gasteiger partial charge in [-0.2, -0.15) is 0 Å². The first kappa shape index (κ1) is 16.6. The van der Waals surface area contributed by atoms with E-state index in [0.29, 0.717) is 6.61 Å². The van der Waals surface area contributed by atoms with Crippen molar-refractivity contribution in [2.24, 2.45) is 5.92 Å². The number of benzene rings is 2. The van der Waals surface area contributed by atoms with Gasteiger partial charge in [0, 0.05) is 23.3 Å². The zero-order chi connectivity index (χ0) is 17.4. The van der Waals surface area contributed by atoms with E-state index < -0.39 is 11.9 Å². The van der Waals surface area contributed by atoms with Crippen LogP contribution in [0.4, 0.5) is 11.4 Å². The maximum Gasteiger partial charge on any atom is 0.163 e. The largest absolute Gasteiger partial charge is 0.390 e. The van der Waals surface area contributed by atoms with Crippen LogP contribution in [0.5, 0.6) is 0 Å². The summed E-state index contributed by atoms with van der Waals surface area (Å²) in [5.41, 5.74) is 2.30. The van der Waals surface area contributed by atoms with Gasteiger partial charge < -0.3 is 19.5 Å². The number of para-hydroxylation sites is 2. The van der Waals surface area contributed by atoms with E-state index in [1.165, 1.54) is 0 Å². The van der Waals surface area contributed by atoms with Crippen LogP contribution in [0.3, 0.4) is 0 Å². The summed E-state index contributed by atoms with van der Waals surface area (Å²) >= 11 is 0. The van der Waals surface area contributed by atoms with Crippen LogP contribution >= 0.6 is 0 Å². The maximum absolute atomic E-state index is 10.8. The number of rotatable bonds is 5. The lowest BCUT2D eigenvalue weighted by atomic mass is 10.1. The van der Waals surface area contributed by atoms with Gasteiger partial charge >= 0.3 is 0 Å². The zero-order valence-corrected chi connectivity index (χ0v) is 14.7. The molecule has 0 spiro atoms. The molecular weight excluding hydrogens is 314 g/mol. The summed E-state index contributed by atoms with van der Waals surface area (Å²) in [5, 5.41) is 10.8. The molecule has 1 aliphatic carbocycles. The molecule has 4 rings (SSSR count). The molecule has 1 saturated carbocycles. The molecule has 2 aromatic carbocycles. The van der Waals surface area contributed by atoms with E-state index in [-0.39, 0.29) is 18.1 Å². The minimum Gasteiger partial charge on any atom is -0.390 e. The van der Waals surface area contributed by atoms with Crippen LogP contribution in [0, 0.1) is 5.92 Å². The molecule has 25 heavy (non-hydrogen) atoms. The fraction of sp³-hybridized carbons (Fsp3) is 0.429. The molecule has 2 fully saturated rings. The van der Waals surface area contributed by atoms with Crippen molar-refractivity contribution < 1.29 is 14.6 Å². The van der Waals surface area contributed by atoms with E-state index in [0.717, 1.165) is 17.8 Å². The fourth-order valence-electron chi connectivity index (χ4n) is 3.73. The molecule has 4 nitrogen and oxygen atoms in total. The topological polar surface area (TPSA) is 41.9 Å². The predicted molar refractivity (Wildman–Crippen MR) is 97.8 cm³/mol. The van der Waals surface area contributed by atoms with Gasteiger partial charge in [0.15, 0.2) is 5.79 Å². The van der Waals surface area contributed by atoms with Gasteiger partial charge in [0.1, 0.15) is 6.10 Å². The van der Waals surface area contributed by atoms with Crippen LogP contribution in [0.1, 0.15) is 20.3 Å². The van der Waals surface area contributed by atoms with E-state index >= 15 is 0 Å². The second-order valence-electron chi connectivity index (χ2n) is 7.37. The molecule has 132 valence electrons. The lowest BCUT2D eigenvalue weighted by molar-refractivity contribution is -0.152. The average molecular weight is 339 g/mol. The van der Waals surface area contributed by atoms with E-state index in [2.05, 4.69) is 53.4 Å². The molecule has 0 amide bonds. The van der Waals surface area contributed by atoms with Crippen molar-refractivity contribution in [1.82, 2.24) is 0 Å². The van der Waals surface area contributed by atoms with Gasteiger partial charge in [-0.3, -0.25) is 0 Å². The van der Waals surface area contributed by atoms with Gasteiger partial charge in [-0.05, 0) is 44.5 Å². The van der Waals surface area contributed by atoms with Crippen molar-refractivity contribution >= 4 is 11.4 Å². The Kier molecular flexibility index (Phi) is 4.28. The molecule has 1 heterocycles. The Morgan fingerprint density at radius 3 is 2.04 bits per heavy atom. The minimum absolute atomic E-state index is 0.183. The van der Waals surface area contributed by atoms with Crippen molar-refractivity contribution in [3.05, 3.63) is 60.7 Å². The Balaban J connectivity index is 1.54. The summed E-state index contributed by atoms with van der Waals surface area (Å²) in [6.07, 6.45) is 0.186. The molecule has 2 aliphatic rings. The maximum atomic E-state index is 10.8. The van der Waals surface area contributed by atoms with Crippen LogP contribution in [0.15, 0.2) is 60.7 Å². The van der Waals surface area contributed by atoms with Crippen LogP contribution in [-0.2, 0) is 9.47 Å². The van der Waals surface area contributed by atoms with E-state index in [4.69, 9.17) is 9.47 Å². The van der Waals surface area contributed by atoms with Gasteiger partial charge in [0.2, 0.25) is 0 Å². The average Bonchev–Trinajstić information content (AvgIpc) is 3.31. The Morgan fingerprint density at radius 2 is 1.56 bits per heavy atom. The first-order valence-electron chi connectivity index (χ1n) is 8.94. The molecule has 1 saturated heterocycles. The standard InChI is InChI=1S/C21H25NO3/c1-21(2)24-14-19(25-21)20(23)17-13-18(17)22(15-9-5-3-6-10-15)16-11-7-4-8-12-16/h3-12,17-20,23H,13-14H2,1-2H3/t17-,18-,19-,20-/m0/s1. The number of ether oxygens (including phenoxy) is 2. The fourth-order valence-corrected chi connectivity index (χ4v) is 3.73. The van der Waals surface area contributed by atoms with Crippen LogP contribution in [-0.4, -0.2) is 35.8 Å². The Bertz CT molecular complexity index is 664. The lowest BCUT2D eigenvalue weighted by Crippen LogP contribution is -2.35. The normalized spacial score (nSPS) is 28.5. The summed E-state index contributed by atoms with van der Waals surface area (Å²) in [4.78, 5) is 2.33. The van der Waals surface area contributed by atoms with Gasteiger partial charge in [-0.15, -0.1) is 0 Å². The second kappa shape index (κ2) is 6.45. The number of nitrogens with zero attached hydrogens (tertiary/aromatic N) is 1. The van der Waals surface area contributed by atoms with Gasteiger partial charge in [-0.1, -0.05) is 36.4 Å². The SMILES string of the molecule is CC1(C)OC[C@@H]([C@@H](O)[C@H]2C[C@@H]2N(c2ccccc2)c2ccccc2)O1. The van der Waals surface area contributed by atoms with Crippen molar-refractivity contribution in [3.63, 3.8) is 0 Å².